The highest BCUT2D eigenvalue weighted by Crippen LogP contribution is 2.09. The summed E-state index contributed by atoms with van der Waals surface area (Å²) >= 11 is 0. The van der Waals surface area contributed by atoms with Crippen molar-refractivity contribution >= 4 is 17.5 Å². The van der Waals surface area contributed by atoms with Crippen LogP contribution in [0.2, 0.25) is 0 Å². The molecule has 0 bridgehead atoms. The zero-order valence-corrected chi connectivity index (χ0v) is 11.9. The number of hydrogen-bond acceptors (Lipinski definition) is 4. The molecule has 3 N–H and O–H groups in total. The van der Waals surface area contributed by atoms with Crippen molar-refractivity contribution in [2.24, 2.45) is 0 Å². The zero-order chi connectivity index (χ0) is 14.8. The van der Waals surface area contributed by atoms with E-state index in [1.54, 1.807) is 31.4 Å². The lowest BCUT2D eigenvalue weighted by Crippen LogP contribution is -2.30. The van der Waals surface area contributed by atoms with Gasteiger partial charge in [0.25, 0.3) is 5.91 Å². The molecule has 1 aromatic carbocycles. The second kappa shape index (κ2) is 9.06. The van der Waals surface area contributed by atoms with Crippen LogP contribution in [0.25, 0.3) is 0 Å². The Hall–Kier alpha value is -1.92. The Balaban J connectivity index is 2.41. The maximum Gasteiger partial charge on any atom is 0.251 e. The molecule has 0 aliphatic rings. The summed E-state index contributed by atoms with van der Waals surface area (Å²) in [6, 6.07) is 6.77. The molecule has 0 unspecified atom stereocenters. The minimum Gasteiger partial charge on any atom is -0.383 e. The zero-order valence-electron chi connectivity index (χ0n) is 11.9. The highest BCUT2D eigenvalue weighted by atomic mass is 16.5. The molecular weight excluding hydrogens is 258 g/mol. The van der Waals surface area contributed by atoms with E-state index in [2.05, 4.69) is 16.0 Å². The van der Waals surface area contributed by atoms with Crippen LogP contribution in [0.1, 0.15) is 17.3 Å². The van der Waals surface area contributed by atoms with Gasteiger partial charge in [0.15, 0.2) is 0 Å². The quantitative estimate of drug-likeness (QED) is 0.609. The molecule has 0 saturated heterocycles. The second-order valence-corrected chi connectivity index (χ2v) is 4.15. The normalized spacial score (nSPS) is 10.1. The summed E-state index contributed by atoms with van der Waals surface area (Å²) in [5.41, 5.74) is 1.24. The van der Waals surface area contributed by atoms with Gasteiger partial charge >= 0.3 is 0 Å². The van der Waals surface area contributed by atoms with Gasteiger partial charge in [-0.15, -0.1) is 0 Å². The van der Waals surface area contributed by atoms with Crippen LogP contribution in [0, 0.1) is 0 Å². The van der Waals surface area contributed by atoms with Crippen molar-refractivity contribution in [2.45, 2.75) is 6.92 Å². The molecule has 0 atom stereocenters. The molecule has 6 nitrogen and oxygen atoms in total. The van der Waals surface area contributed by atoms with Crippen LogP contribution in [0.5, 0.6) is 0 Å². The van der Waals surface area contributed by atoms with Crippen LogP contribution in [0.3, 0.4) is 0 Å². The number of carbonyl (C=O) groups is 2. The molecule has 0 heterocycles. The van der Waals surface area contributed by atoms with Gasteiger partial charge in [0.2, 0.25) is 5.91 Å². The Morgan fingerprint density at radius 1 is 1.20 bits per heavy atom. The van der Waals surface area contributed by atoms with E-state index in [9.17, 15) is 9.59 Å². The van der Waals surface area contributed by atoms with Crippen LogP contribution < -0.4 is 16.0 Å². The smallest absolute Gasteiger partial charge is 0.251 e. The summed E-state index contributed by atoms with van der Waals surface area (Å²) in [4.78, 5) is 23.2. The monoisotopic (exact) mass is 279 g/mol. The van der Waals surface area contributed by atoms with Gasteiger partial charge in [0, 0.05) is 31.5 Å². The van der Waals surface area contributed by atoms with Crippen molar-refractivity contribution < 1.29 is 14.3 Å². The number of amides is 2. The Morgan fingerprint density at radius 2 is 1.90 bits per heavy atom. The molecule has 0 aliphatic heterocycles. The van der Waals surface area contributed by atoms with Gasteiger partial charge in [-0.1, -0.05) is 0 Å². The number of benzene rings is 1. The molecule has 6 heteroatoms. The molecular formula is C14H21N3O3. The fourth-order valence-corrected chi connectivity index (χ4v) is 1.55. The van der Waals surface area contributed by atoms with Gasteiger partial charge in [-0.25, -0.2) is 0 Å². The maximum atomic E-state index is 11.6. The Kier molecular flexibility index (Phi) is 7.31. The first-order chi connectivity index (χ1) is 9.67. The van der Waals surface area contributed by atoms with E-state index in [0.717, 1.165) is 0 Å². The third-order valence-electron chi connectivity index (χ3n) is 2.54. The van der Waals surface area contributed by atoms with Crippen molar-refractivity contribution in [3.8, 4) is 0 Å². The Bertz CT molecular complexity index is 432. The summed E-state index contributed by atoms with van der Waals surface area (Å²) in [5, 5.41) is 8.41. The predicted octanol–water partition coefficient (Wildman–Crippen LogP) is 0.611. The minimum absolute atomic E-state index is 0.119. The van der Waals surface area contributed by atoms with Gasteiger partial charge in [0.1, 0.15) is 0 Å². The number of carbonyl (C=O) groups excluding carboxylic acids is 2. The third-order valence-corrected chi connectivity index (χ3v) is 2.54. The third kappa shape index (κ3) is 5.81. The molecule has 0 radical (unpaired) electrons. The molecule has 1 aromatic rings. The molecule has 2 amide bonds. The minimum atomic E-state index is -0.133. The molecule has 110 valence electrons. The molecule has 0 aromatic heterocycles. The van der Waals surface area contributed by atoms with Crippen LogP contribution in [-0.4, -0.2) is 45.2 Å². The maximum absolute atomic E-state index is 11.6. The van der Waals surface area contributed by atoms with Crippen molar-refractivity contribution in [3.05, 3.63) is 29.8 Å². The van der Waals surface area contributed by atoms with Crippen LogP contribution in [-0.2, 0) is 9.53 Å². The van der Waals surface area contributed by atoms with Crippen LogP contribution in [0.15, 0.2) is 24.3 Å². The molecule has 0 saturated carbocycles. The van der Waals surface area contributed by atoms with Gasteiger partial charge < -0.3 is 20.7 Å². The number of ether oxygens (including phenoxy) is 1. The van der Waals surface area contributed by atoms with E-state index in [4.69, 9.17) is 4.74 Å². The molecule has 20 heavy (non-hydrogen) atoms. The molecule has 0 aliphatic carbocycles. The van der Waals surface area contributed by atoms with Gasteiger partial charge in [0.05, 0.1) is 13.2 Å². The molecule has 0 fully saturated rings. The average Bonchev–Trinajstić information content (AvgIpc) is 2.45. The van der Waals surface area contributed by atoms with E-state index in [1.807, 2.05) is 6.92 Å². The first kappa shape index (κ1) is 16.1. The second-order valence-electron chi connectivity index (χ2n) is 4.15. The lowest BCUT2D eigenvalue weighted by molar-refractivity contribution is -0.115. The SMILES string of the molecule is CCNC(=O)c1ccc(NC(=O)CNCCOC)cc1. The summed E-state index contributed by atoms with van der Waals surface area (Å²) in [7, 11) is 1.61. The number of rotatable bonds is 8. The predicted molar refractivity (Wildman–Crippen MR) is 77.8 cm³/mol. The van der Waals surface area contributed by atoms with Crippen molar-refractivity contribution in [1.29, 1.82) is 0 Å². The average molecular weight is 279 g/mol. The van der Waals surface area contributed by atoms with Crippen molar-refractivity contribution in [1.82, 2.24) is 10.6 Å². The number of hydrogen-bond donors (Lipinski definition) is 3. The molecule has 1 rings (SSSR count). The Morgan fingerprint density at radius 3 is 2.50 bits per heavy atom. The first-order valence-corrected chi connectivity index (χ1v) is 6.55. The summed E-state index contributed by atoms with van der Waals surface area (Å²) in [6.07, 6.45) is 0. The number of methoxy groups -OCH3 is 1. The van der Waals surface area contributed by atoms with Gasteiger partial charge in [-0.05, 0) is 31.2 Å². The fourth-order valence-electron chi connectivity index (χ4n) is 1.55. The summed E-state index contributed by atoms with van der Waals surface area (Å²) < 4.78 is 4.87. The van der Waals surface area contributed by atoms with Crippen LogP contribution >= 0.6 is 0 Å². The van der Waals surface area contributed by atoms with E-state index in [1.165, 1.54) is 0 Å². The highest BCUT2D eigenvalue weighted by Gasteiger charge is 2.05. The van der Waals surface area contributed by atoms with E-state index in [-0.39, 0.29) is 18.4 Å². The van der Waals surface area contributed by atoms with Crippen molar-refractivity contribution in [2.75, 3.05) is 38.7 Å². The van der Waals surface area contributed by atoms with E-state index < -0.39 is 0 Å². The largest absolute Gasteiger partial charge is 0.383 e. The number of nitrogens with one attached hydrogen (secondary N) is 3. The van der Waals surface area contributed by atoms with Gasteiger partial charge in [-0.3, -0.25) is 9.59 Å². The van der Waals surface area contributed by atoms with Gasteiger partial charge in [-0.2, -0.15) is 0 Å². The topological polar surface area (TPSA) is 79.5 Å². The Labute approximate surface area is 118 Å². The molecule has 0 spiro atoms. The van der Waals surface area contributed by atoms with Crippen molar-refractivity contribution in [3.63, 3.8) is 0 Å². The lowest BCUT2D eigenvalue weighted by Gasteiger charge is -2.07. The first-order valence-electron chi connectivity index (χ1n) is 6.55. The lowest BCUT2D eigenvalue weighted by atomic mass is 10.2. The van der Waals surface area contributed by atoms with Crippen LogP contribution in [0.4, 0.5) is 5.69 Å². The van der Waals surface area contributed by atoms with E-state index >= 15 is 0 Å². The highest BCUT2D eigenvalue weighted by molar-refractivity contribution is 5.96. The summed E-state index contributed by atoms with van der Waals surface area (Å²) in [5.74, 6) is -0.251. The summed E-state index contributed by atoms with van der Waals surface area (Å²) in [6.45, 7) is 3.86. The van der Waals surface area contributed by atoms with E-state index in [0.29, 0.717) is 30.9 Å². The number of anilines is 1. The standard InChI is InChI=1S/C14H21N3O3/c1-3-16-14(19)11-4-6-12(7-5-11)17-13(18)10-15-8-9-20-2/h4-7,15H,3,8-10H2,1-2H3,(H,16,19)(H,17,18). The fraction of sp³-hybridized carbons (Fsp3) is 0.429.